The van der Waals surface area contributed by atoms with Gasteiger partial charge in [0.15, 0.2) is 5.76 Å². The third-order valence-electron chi connectivity index (χ3n) is 4.02. The number of aryl methyl sites for hydroxylation is 1. The van der Waals surface area contributed by atoms with Gasteiger partial charge in [-0.1, -0.05) is 35.0 Å². The van der Waals surface area contributed by atoms with Gasteiger partial charge in [0.05, 0.1) is 12.2 Å². The van der Waals surface area contributed by atoms with Crippen LogP contribution in [0.3, 0.4) is 0 Å². The van der Waals surface area contributed by atoms with Gasteiger partial charge in [-0.3, -0.25) is 4.90 Å². The molecule has 0 atom stereocenters. The fourth-order valence-electron chi connectivity index (χ4n) is 2.71. The minimum Gasteiger partial charge on any atom is -0.461 e. The Hall–Kier alpha value is -2.40. The van der Waals surface area contributed by atoms with E-state index in [2.05, 4.69) is 46.2 Å². The molecule has 0 bridgehead atoms. The Bertz CT molecular complexity index is 741. The highest BCUT2D eigenvalue weighted by molar-refractivity contribution is 5.44. The van der Waals surface area contributed by atoms with E-state index in [4.69, 9.17) is 8.94 Å². The molecule has 4 rings (SSSR count). The zero-order chi connectivity index (χ0) is 14.9. The molecule has 1 aromatic carbocycles. The molecule has 5 heteroatoms. The first-order valence-electron chi connectivity index (χ1n) is 7.43. The molecule has 0 aliphatic carbocycles. The maximum atomic E-state index is 5.36. The molecule has 3 heterocycles. The smallest absolute Gasteiger partial charge is 0.238 e. The van der Waals surface area contributed by atoms with Gasteiger partial charge in [0.1, 0.15) is 0 Å². The van der Waals surface area contributed by atoms with Crippen molar-refractivity contribution in [3.8, 4) is 11.6 Å². The Balaban J connectivity index is 1.36. The lowest BCUT2D eigenvalue weighted by molar-refractivity contribution is 0.117. The predicted octanol–water partition coefficient (Wildman–Crippen LogP) is 3.24. The highest BCUT2D eigenvalue weighted by atomic mass is 16.5. The SMILES string of the molecule is Cc1ccc(CN2CC(c3nc(-c4ccco4)no3)C2)cc1. The molecule has 1 aliphatic rings. The first kappa shape index (κ1) is 13.3. The average Bonchev–Trinajstić information content (AvgIpc) is 3.15. The van der Waals surface area contributed by atoms with Crippen LogP contribution in [0.5, 0.6) is 0 Å². The summed E-state index contributed by atoms with van der Waals surface area (Å²) < 4.78 is 10.6. The Kier molecular flexibility index (Phi) is 3.27. The topological polar surface area (TPSA) is 55.3 Å². The number of rotatable bonds is 4. The lowest BCUT2D eigenvalue weighted by Gasteiger charge is -2.37. The molecule has 1 aliphatic heterocycles. The molecule has 0 radical (unpaired) electrons. The van der Waals surface area contributed by atoms with E-state index in [0.717, 1.165) is 19.6 Å². The third kappa shape index (κ3) is 2.55. The summed E-state index contributed by atoms with van der Waals surface area (Å²) in [4.78, 5) is 6.81. The van der Waals surface area contributed by atoms with Gasteiger partial charge in [0.25, 0.3) is 0 Å². The van der Waals surface area contributed by atoms with Crippen LogP contribution < -0.4 is 0 Å². The van der Waals surface area contributed by atoms with Gasteiger partial charge in [-0.15, -0.1) is 0 Å². The van der Waals surface area contributed by atoms with Crippen molar-refractivity contribution in [2.24, 2.45) is 0 Å². The molecule has 5 nitrogen and oxygen atoms in total. The van der Waals surface area contributed by atoms with E-state index >= 15 is 0 Å². The first-order valence-corrected chi connectivity index (χ1v) is 7.43. The largest absolute Gasteiger partial charge is 0.461 e. The summed E-state index contributed by atoms with van der Waals surface area (Å²) in [5, 5.41) is 3.98. The summed E-state index contributed by atoms with van der Waals surface area (Å²) in [6.07, 6.45) is 1.61. The molecular weight excluding hydrogens is 278 g/mol. The van der Waals surface area contributed by atoms with Crippen LogP contribution in [0.4, 0.5) is 0 Å². The maximum Gasteiger partial charge on any atom is 0.238 e. The molecule has 22 heavy (non-hydrogen) atoms. The van der Waals surface area contributed by atoms with E-state index in [-0.39, 0.29) is 0 Å². The van der Waals surface area contributed by atoms with Gasteiger partial charge < -0.3 is 8.94 Å². The quantitative estimate of drug-likeness (QED) is 0.739. The van der Waals surface area contributed by atoms with Crippen LogP contribution in [-0.2, 0) is 6.54 Å². The molecule has 0 unspecified atom stereocenters. The Morgan fingerprint density at radius 1 is 1.18 bits per heavy atom. The Morgan fingerprint density at radius 3 is 2.73 bits per heavy atom. The number of hydrogen-bond donors (Lipinski definition) is 0. The van der Waals surface area contributed by atoms with E-state index in [1.54, 1.807) is 6.26 Å². The fourth-order valence-corrected chi connectivity index (χ4v) is 2.71. The number of furan rings is 1. The molecule has 112 valence electrons. The Labute approximate surface area is 128 Å². The van der Waals surface area contributed by atoms with Crippen molar-refractivity contribution in [3.63, 3.8) is 0 Å². The zero-order valence-electron chi connectivity index (χ0n) is 12.4. The first-order chi connectivity index (χ1) is 10.8. The maximum absolute atomic E-state index is 5.36. The normalized spacial score (nSPS) is 15.9. The minimum atomic E-state index is 0.321. The van der Waals surface area contributed by atoms with Crippen molar-refractivity contribution in [1.29, 1.82) is 0 Å². The third-order valence-corrected chi connectivity index (χ3v) is 4.02. The number of hydrogen-bond acceptors (Lipinski definition) is 5. The van der Waals surface area contributed by atoms with E-state index in [0.29, 0.717) is 23.4 Å². The van der Waals surface area contributed by atoms with Crippen molar-refractivity contribution in [2.45, 2.75) is 19.4 Å². The molecule has 0 spiro atoms. The van der Waals surface area contributed by atoms with Crippen LogP contribution in [-0.4, -0.2) is 28.1 Å². The van der Waals surface area contributed by atoms with E-state index in [1.165, 1.54) is 11.1 Å². The summed E-state index contributed by atoms with van der Waals surface area (Å²) in [7, 11) is 0. The van der Waals surface area contributed by atoms with E-state index < -0.39 is 0 Å². The number of benzene rings is 1. The van der Waals surface area contributed by atoms with Crippen LogP contribution in [0.2, 0.25) is 0 Å². The predicted molar refractivity (Wildman–Crippen MR) is 81.2 cm³/mol. The van der Waals surface area contributed by atoms with Gasteiger partial charge in [0.2, 0.25) is 11.7 Å². The average molecular weight is 295 g/mol. The second kappa shape index (κ2) is 5.42. The summed E-state index contributed by atoms with van der Waals surface area (Å²) in [5.41, 5.74) is 2.63. The lowest BCUT2D eigenvalue weighted by atomic mass is 9.99. The molecule has 0 amide bonds. The van der Waals surface area contributed by atoms with Crippen LogP contribution in [0.1, 0.15) is 22.9 Å². The number of aromatic nitrogens is 2. The van der Waals surface area contributed by atoms with Gasteiger partial charge in [-0.05, 0) is 24.6 Å². The second-order valence-electron chi connectivity index (χ2n) is 5.81. The monoisotopic (exact) mass is 295 g/mol. The number of likely N-dealkylation sites (tertiary alicyclic amines) is 1. The molecule has 2 aromatic heterocycles. The van der Waals surface area contributed by atoms with Crippen LogP contribution in [0.15, 0.2) is 51.6 Å². The van der Waals surface area contributed by atoms with Gasteiger partial charge in [-0.2, -0.15) is 4.98 Å². The van der Waals surface area contributed by atoms with Gasteiger partial charge in [-0.25, -0.2) is 0 Å². The van der Waals surface area contributed by atoms with E-state index in [9.17, 15) is 0 Å². The molecule has 0 saturated carbocycles. The van der Waals surface area contributed by atoms with Crippen molar-refractivity contribution in [2.75, 3.05) is 13.1 Å². The standard InChI is InChI=1S/C17H17N3O2/c1-12-4-6-13(7-5-12)9-20-10-14(11-20)17-18-16(19-22-17)15-3-2-8-21-15/h2-8,14H,9-11H2,1H3. The van der Waals surface area contributed by atoms with Crippen LogP contribution in [0.25, 0.3) is 11.6 Å². The zero-order valence-corrected chi connectivity index (χ0v) is 12.4. The minimum absolute atomic E-state index is 0.321. The highest BCUT2D eigenvalue weighted by Gasteiger charge is 2.32. The van der Waals surface area contributed by atoms with Crippen molar-refractivity contribution in [1.82, 2.24) is 15.0 Å². The van der Waals surface area contributed by atoms with Crippen molar-refractivity contribution in [3.05, 3.63) is 59.7 Å². The molecular formula is C17H17N3O2. The molecule has 1 saturated heterocycles. The summed E-state index contributed by atoms with van der Waals surface area (Å²) in [6.45, 7) is 4.98. The molecule has 1 fully saturated rings. The Morgan fingerprint density at radius 2 is 2.00 bits per heavy atom. The summed E-state index contributed by atoms with van der Waals surface area (Å²) >= 11 is 0. The van der Waals surface area contributed by atoms with Crippen LogP contribution in [0, 0.1) is 6.92 Å². The lowest BCUT2D eigenvalue weighted by Crippen LogP contribution is -2.44. The fraction of sp³-hybridized carbons (Fsp3) is 0.294. The molecule has 3 aromatic rings. The van der Waals surface area contributed by atoms with E-state index in [1.807, 2.05) is 12.1 Å². The van der Waals surface area contributed by atoms with Crippen molar-refractivity contribution < 1.29 is 8.94 Å². The summed E-state index contributed by atoms with van der Waals surface area (Å²) in [6, 6.07) is 12.3. The number of nitrogens with zero attached hydrogens (tertiary/aromatic N) is 3. The summed E-state index contributed by atoms with van der Waals surface area (Å²) in [5.74, 6) is 2.19. The van der Waals surface area contributed by atoms with Gasteiger partial charge >= 0.3 is 0 Å². The van der Waals surface area contributed by atoms with Gasteiger partial charge in [0, 0.05) is 19.6 Å². The second-order valence-corrected chi connectivity index (χ2v) is 5.81. The highest BCUT2D eigenvalue weighted by Crippen LogP contribution is 2.28. The van der Waals surface area contributed by atoms with Crippen molar-refractivity contribution >= 4 is 0 Å². The molecule has 0 N–H and O–H groups in total. The van der Waals surface area contributed by atoms with Crippen LogP contribution >= 0.6 is 0 Å².